The molecule has 25 heteroatoms. The average Bonchev–Trinajstić information content (AvgIpc) is 3.78. The van der Waals surface area contributed by atoms with Crippen LogP contribution in [-0.2, 0) is 70.5 Å². The number of benzene rings is 1. The predicted octanol–water partition coefficient (Wildman–Crippen LogP) is 2.02. The number of carbonyl (C=O) groups excluding carboxylic acids is 10. The Morgan fingerprint density at radius 2 is 1.61 bits per heavy atom. The van der Waals surface area contributed by atoms with E-state index in [0.29, 0.717) is 69.2 Å². The molecule has 3 fully saturated rings. The molecule has 4 aliphatic rings. The fraction of sp³-hybridized carbons (Fsp3) is 0.632. The van der Waals surface area contributed by atoms with E-state index in [1.807, 2.05) is 13.8 Å². The highest BCUT2D eigenvalue weighted by molar-refractivity contribution is 6.12. The maximum atomic E-state index is 14.2. The topological polar surface area (TPSA) is 326 Å². The van der Waals surface area contributed by atoms with Crippen LogP contribution in [0.4, 0.5) is 10.5 Å². The standard InChI is InChI=1S/C57H84N12O13/c1-7-35(2)51(44(80-5)30-49(74)67-28-12-14-43(67)53(81-6)36(3)54(76)60-31-40-24-26-62-65-40)66(4)50(75)33-61-56(78)52-38-18-21-41(29-38)69(52)57(79)82-34-37-16-19-39(20-17-37)63-55(77)42(13-11-25-58)64-46(71)32-59-45(70)15-9-8-10-27-68-47(72)22-23-48(68)73/h16-17,19-20,22-24,26,35-36,38,41-44,51-53H,7-15,18,21,25,27-34,58H2,1-6H3,(H,59,70)(H,60,76)(H,61,78)(H,62,65)(H,63,77)(H,64,71). The molecule has 1 aromatic carbocycles. The second-order valence-corrected chi connectivity index (χ2v) is 21.8. The number of H-pyrrole nitrogens is 1. The Morgan fingerprint density at radius 1 is 0.866 bits per heavy atom. The molecular formula is C57H84N12O13. The Balaban J connectivity index is 0.955. The molecule has 6 rings (SSSR count). The van der Waals surface area contributed by atoms with Gasteiger partial charge in [0.1, 0.15) is 18.7 Å². The van der Waals surface area contributed by atoms with E-state index in [4.69, 9.17) is 19.9 Å². The second kappa shape index (κ2) is 31.3. The molecule has 2 saturated heterocycles. The zero-order valence-electron chi connectivity index (χ0n) is 48.2. The molecule has 2 aromatic rings. The SMILES string of the molecule is CCC(C)C(C(CC(=O)N1CCCC1C(OC)C(C)C(=O)NCc1ccn[nH]1)OC)N(C)C(=O)CNC(=O)C1C2CCC(C2)N1C(=O)OCc1ccc(NC(=O)C(CCCN)NC(=O)CNC(=O)CCCCCN2C(=O)C=CC2=O)cc1. The lowest BCUT2D eigenvalue weighted by Gasteiger charge is -2.39. The number of nitrogens with zero attached hydrogens (tertiary/aromatic N) is 5. The Hall–Kier alpha value is -7.25. The molecule has 0 radical (unpaired) electrons. The molecule has 4 heterocycles. The zero-order chi connectivity index (χ0) is 59.5. The number of unbranched alkanes of at least 4 members (excludes halogenated alkanes) is 2. The highest BCUT2D eigenvalue weighted by Crippen LogP contribution is 2.43. The van der Waals surface area contributed by atoms with Crippen LogP contribution in [0.1, 0.15) is 115 Å². The first kappa shape index (κ1) is 63.9. The van der Waals surface area contributed by atoms with Gasteiger partial charge in [0, 0.05) is 70.9 Å². The number of aromatic amines is 1. The lowest BCUT2D eigenvalue weighted by Crippen LogP contribution is -2.56. The van der Waals surface area contributed by atoms with Gasteiger partial charge < -0.3 is 56.3 Å². The molecule has 1 aliphatic carbocycles. The van der Waals surface area contributed by atoms with Gasteiger partial charge in [0.25, 0.3) is 11.8 Å². The van der Waals surface area contributed by atoms with E-state index < -0.39 is 66.0 Å². The summed E-state index contributed by atoms with van der Waals surface area (Å²) in [6.07, 6.45) is 8.63. The van der Waals surface area contributed by atoms with Crippen molar-refractivity contribution in [2.45, 2.75) is 160 Å². The molecule has 450 valence electrons. The van der Waals surface area contributed by atoms with E-state index in [1.165, 1.54) is 29.1 Å². The predicted molar refractivity (Wildman–Crippen MR) is 299 cm³/mol. The molecular weight excluding hydrogens is 1060 g/mol. The molecule has 3 aliphatic heterocycles. The van der Waals surface area contributed by atoms with Gasteiger partial charge in [-0.2, -0.15) is 5.10 Å². The average molecular weight is 1150 g/mol. The first-order valence-electron chi connectivity index (χ1n) is 28.7. The van der Waals surface area contributed by atoms with E-state index in [1.54, 1.807) is 62.5 Å². The zero-order valence-corrected chi connectivity index (χ0v) is 48.2. The fourth-order valence-corrected chi connectivity index (χ4v) is 11.7. The van der Waals surface area contributed by atoms with Gasteiger partial charge in [0.2, 0.25) is 41.4 Å². The summed E-state index contributed by atoms with van der Waals surface area (Å²) >= 11 is 0. The number of anilines is 1. The summed E-state index contributed by atoms with van der Waals surface area (Å²) in [5, 5.41) is 20.5. The Morgan fingerprint density at radius 3 is 2.28 bits per heavy atom. The summed E-state index contributed by atoms with van der Waals surface area (Å²) < 4.78 is 17.6. The summed E-state index contributed by atoms with van der Waals surface area (Å²) in [4.78, 5) is 137. The van der Waals surface area contributed by atoms with Crippen LogP contribution in [0.25, 0.3) is 0 Å². The van der Waals surface area contributed by atoms with Gasteiger partial charge in [0.15, 0.2) is 0 Å². The maximum absolute atomic E-state index is 14.2. The number of ether oxygens (including phenoxy) is 3. The summed E-state index contributed by atoms with van der Waals surface area (Å²) in [6.45, 7) is 6.22. The number of likely N-dealkylation sites (N-methyl/N-ethyl adjacent to an activating group) is 1. The van der Waals surface area contributed by atoms with Gasteiger partial charge in [-0.15, -0.1) is 0 Å². The molecule has 10 unspecified atom stereocenters. The van der Waals surface area contributed by atoms with E-state index in [0.717, 1.165) is 23.4 Å². The highest BCUT2D eigenvalue weighted by atomic mass is 16.6. The van der Waals surface area contributed by atoms with Crippen molar-refractivity contribution >= 4 is 64.9 Å². The van der Waals surface area contributed by atoms with Crippen molar-refractivity contribution < 1.29 is 62.2 Å². The van der Waals surface area contributed by atoms with Gasteiger partial charge in [0.05, 0.1) is 62.0 Å². The number of aromatic nitrogens is 2. The number of nitrogens with two attached hydrogens (primary N) is 1. The van der Waals surface area contributed by atoms with Crippen LogP contribution in [0.2, 0.25) is 0 Å². The van der Waals surface area contributed by atoms with E-state index >= 15 is 0 Å². The maximum Gasteiger partial charge on any atom is 0.411 e. The molecule has 2 bridgehead atoms. The first-order chi connectivity index (χ1) is 39.4. The number of fused-ring (bicyclic) bond motifs is 2. The molecule has 82 heavy (non-hydrogen) atoms. The van der Waals surface area contributed by atoms with E-state index in [2.05, 4.69) is 36.8 Å². The number of hydrogen-bond acceptors (Lipinski definition) is 15. The number of rotatable bonds is 32. The van der Waals surface area contributed by atoms with Crippen molar-refractivity contribution in [3.8, 4) is 0 Å². The van der Waals surface area contributed by atoms with E-state index in [-0.39, 0.29) is 112 Å². The molecule has 0 spiro atoms. The van der Waals surface area contributed by atoms with Crippen LogP contribution >= 0.6 is 0 Å². The van der Waals surface area contributed by atoms with E-state index in [9.17, 15) is 47.9 Å². The Bertz CT molecular complexity index is 2550. The smallest absolute Gasteiger partial charge is 0.411 e. The number of methoxy groups -OCH3 is 2. The van der Waals surface area contributed by atoms with Crippen LogP contribution in [-0.4, -0.2) is 185 Å². The minimum Gasteiger partial charge on any atom is -0.445 e. The van der Waals surface area contributed by atoms with Crippen molar-refractivity contribution in [1.82, 2.24) is 51.1 Å². The number of piperidine rings is 1. The number of amides is 10. The van der Waals surface area contributed by atoms with Crippen molar-refractivity contribution in [3.05, 3.63) is 59.9 Å². The minimum atomic E-state index is -0.950. The van der Waals surface area contributed by atoms with Gasteiger partial charge in [-0.1, -0.05) is 45.7 Å². The number of carbonyl (C=O) groups is 10. The molecule has 8 N–H and O–H groups in total. The third-order valence-corrected chi connectivity index (χ3v) is 16.4. The summed E-state index contributed by atoms with van der Waals surface area (Å²) in [7, 11) is 4.69. The van der Waals surface area contributed by atoms with Crippen molar-refractivity contribution in [2.24, 2.45) is 23.5 Å². The number of nitrogens with one attached hydrogen (secondary N) is 6. The normalized spacial score (nSPS) is 20.4. The van der Waals surface area contributed by atoms with Gasteiger partial charge in [-0.3, -0.25) is 58.0 Å². The molecule has 10 amide bonds. The molecule has 10 atom stereocenters. The van der Waals surface area contributed by atoms with Crippen molar-refractivity contribution in [1.29, 1.82) is 0 Å². The van der Waals surface area contributed by atoms with Crippen LogP contribution in [0.3, 0.4) is 0 Å². The number of likely N-dealkylation sites (tertiary alicyclic amines) is 2. The fourth-order valence-electron chi connectivity index (χ4n) is 11.7. The third kappa shape index (κ3) is 17.2. The quantitative estimate of drug-likeness (QED) is 0.0407. The molecule has 1 saturated carbocycles. The van der Waals surface area contributed by atoms with Gasteiger partial charge >= 0.3 is 6.09 Å². The highest BCUT2D eigenvalue weighted by Gasteiger charge is 2.52. The summed E-state index contributed by atoms with van der Waals surface area (Å²) in [5.74, 6) is -4.19. The van der Waals surface area contributed by atoms with Gasteiger partial charge in [-0.25, -0.2) is 4.79 Å². The summed E-state index contributed by atoms with van der Waals surface area (Å²) in [6, 6.07) is 5.44. The van der Waals surface area contributed by atoms with Crippen LogP contribution in [0, 0.1) is 17.8 Å². The van der Waals surface area contributed by atoms with Crippen molar-refractivity contribution in [3.63, 3.8) is 0 Å². The van der Waals surface area contributed by atoms with Crippen LogP contribution in [0.15, 0.2) is 48.7 Å². The molecule has 25 nitrogen and oxygen atoms in total. The van der Waals surface area contributed by atoms with Gasteiger partial charge in [-0.05, 0) is 99.9 Å². The lowest BCUT2D eigenvalue weighted by molar-refractivity contribution is -0.146. The number of imide groups is 1. The monoisotopic (exact) mass is 1140 g/mol. The van der Waals surface area contributed by atoms with Crippen molar-refractivity contribution in [2.75, 3.05) is 59.3 Å². The number of hydrogen-bond donors (Lipinski definition) is 7. The Labute approximate surface area is 479 Å². The first-order valence-corrected chi connectivity index (χ1v) is 28.7. The lowest BCUT2D eigenvalue weighted by atomic mass is 9.90. The summed E-state index contributed by atoms with van der Waals surface area (Å²) in [5.41, 5.74) is 7.48. The second-order valence-electron chi connectivity index (χ2n) is 21.8. The molecule has 1 aromatic heterocycles. The Kier molecular flexibility index (Phi) is 24.4. The van der Waals surface area contributed by atoms with Crippen LogP contribution < -0.4 is 32.3 Å². The van der Waals surface area contributed by atoms with Crippen LogP contribution in [0.5, 0.6) is 0 Å². The third-order valence-electron chi connectivity index (χ3n) is 16.4. The largest absolute Gasteiger partial charge is 0.445 e. The minimum absolute atomic E-state index is 0.0332.